The van der Waals surface area contributed by atoms with Crippen molar-refractivity contribution in [3.63, 3.8) is 0 Å². The maximum atomic E-state index is 12.6. The van der Waals surface area contributed by atoms with Crippen molar-refractivity contribution in [3.05, 3.63) is 75.8 Å². The molecular formula is C20H24ClN3O3. The van der Waals surface area contributed by atoms with Crippen molar-refractivity contribution in [2.24, 2.45) is 11.7 Å². The Morgan fingerprint density at radius 3 is 2.56 bits per heavy atom. The molecule has 7 heteroatoms. The minimum absolute atomic E-state index is 0. The van der Waals surface area contributed by atoms with Gasteiger partial charge < -0.3 is 10.6 Å². The summed E-state index contributed by atoms with van der Waals surface area (Å²) in [5.41, 5.74) is 8.02. The fourth-order valence-electron chi connectivity index (χ4n) is 3.63. The van der Waals surface area contributed by atoms with Gasteiger partial charge in [-0.15, -0.1) is 12.4 Å². The molecule has 2 aromatic rings. The van der Waals surface area contributed by atoms with E-state index >= 15 is 0 Å². The number of likely N-dealkylation sites (tertiary alicyclic amines) is 1. The summed E-state index contributed by atoms with van der Waals surface area (Å²) in [6.07, 6.45) is 0.847. The van der Waals surface area contributed by atoms with Gasteiger partial charge in [-0.1, -0.05) is 42.5 Å². The number of halogens is 1. The van der Waals surface area contributed by atoms with E-state index in [-0.39, 0.29) is 35.8 Å². The van der Waals surface area contributed by atoms with Crippen LogP contribution in [0.3, 0.4) is 0 Å². The summed E-state index contributed by atoms with van der Waals surface area (Å²) in [6.45, 7) is 1.90. The number of carbonyl (C=O) groups is 1. The first-order chi connectivity index (χ1) is 12.6. The molecule has 1 heterocycles. The van der Waals surface area contributed by atoms with E-state index < -0.39 is 4.92 Å². The molecule has 2 N–H and O–H groups in total. The summed E-state index contributed by atoms with van der Waals surface area (Å²) in [5.74, 6) is 0.607. The van der Waals surface area contributed by atoms with Gasteiger partial charge in [0.2, 0.25) is 5.91 Å². The van der Waals surface area contributed by atoms with Crippen LogP contribution in [0.5, 0.6) is 0 Å². The second-order valence-electron chi connectivity index (χ2n) is 6.74. The van der Waals surface area contributed by atoms with Gasteiger partial charge in [0.05, 0.1) is 4.92 Å². The lowest BCUT2D eigenvalue weighted by molar-refractivity contribution is -0.384. The van der Waals surface area contributed by atoms with Crippen LogP contribution >= 0.6 is 12.4 Å². The van der Waals surface area contributed by atoms with Gasteiger partial charge in [-0.2, -0.15) is 0 Å². The second-order valence-corrected chi connectivity index (χ2v) is 6.74. The Kier molecular flexibility index (Phi) is 7.33. The van der Waals surface area contributed by atoms with Crippen LogP contribution in [-0.4, -0.2) is 35.4 Å². The highest BCUT2D eigenvalue weighted by atomic mass is 35.5. The maximum absolute atomic E-state index is 12.6. The molecule has 0 bridgehead atoms. The Labute approximate surface area is 164 Å². The number of hydrogen-bond acceptors (Lipinski definition) is 4. The van der Waals surface area contributed by atoms with Gasteiger partial charge in [-0.3, -0.25) is 14.9 Å². The van der Waals surface area contributed by atoms with Crippen LogP contribution < -0.4 is 5.73 Å². The summed E-state index contributed by atoms with van der Waals surface area (Å²) < 4.78 is 0. The maximum Gasteiger partial charge on any atom is 0.269 e. The Bertz CT molecular complexity index is 785. The van der Waals surface area contributed by atoms with Gasteiger partial charge in [0, 0.05) is 37.6 Å². The second kappa shape index (κ2) is 9.48. The molecule has 1 saturated heterocycles. The summed E-state index contributed by atoms with van der Waals surface area (Å²) in [4.78, 5) is 25.0. The van der Waals surface area contributed by atoms with Crippen LogP contribution in [0.2, 0.25) is 0 Å². The Morgan fingerprint density at radius 1 is 1.15 bits per heavy atom. The van der Waals surface area contributed by atoms with Crippen molar-refractivity contribution in [2.75, 3.05) is 19.6 Å². The van der Waals surface area contributed by atoms with Crippen LogP contribution in [0.1, 0.15) is 23.5 Å². The van der Waals surface area contributed by atoms with Crippen LogP contribution in [-0.2, 0) is 11.2 Å². The molecule has 0 unspecified atom stereocenters. The first-order valence-electron chi connectivity index (χ1n) is 8.84. The van der Waals surface area contributed by atoms with E-state index in [1.807, 2.05) is 29.2 Å². The molecule has 0 saturated carbocycles. The van der Waals surface area contributed by atoms with Crippen molar-refractivity contribution >= 4 is 24.0 Å². The summed E-state index contributed by atoms with van der Waals surface area (Å²) >= 11 is 0. The first-order valence-corrected chi connectivity index (χ1v) is 8.84. The van der Waals surface area contributed by atoms with Crippen LogP contribution in [0.15, 0.2) is 54.6 Å². The largest absolute Gasteiger partial charge is 0.342 e. The van der Waals surface area contributed by atoms with Crippen LogP contribution in [0.25, 0.3) is 0 Å². The average molecular weight is 390 g/mol. The standard InChI is InChI=1S/C20H23N3O3.ClH/c21-12-17-13-22(14-19(17)16-6-2-1-3-7-16)20(24)10-9-15-5-4-8-18(11-15)23(25)26;/h1-8,11,17,19H,9-10,12-14,21H2;1H/t17-,19+;/m1./s1. The normalized spacial score (nSPS) is 18.8. The molecule has 0 aromatic heterocycles. The van der Waals surface area contributed by atoms with Gasteiger partial charge in [0.1, 0.15) is 0 Å². The van der Waals surface area contributed by atoms with Crippen molar-refractivity contribution in [2.45, 2.75) is 18.8 Å². The lowest BCUT2D eigenvalue weighted by atomic mass is 9.89. The molecule has 0 spiro atoms. The van der Waals surface area contributed by atoms with E-state index in [0.717, 1.165) is 5.56 Å². The third-order valence-electron chi connectivity index (χ3n) is 5.07. The van der Waals surface area contributed by atoms with Crippen molar-refractivity contribution in [1.82, 2.24) is 4.90 Å². The van der Waals surface area contributed by atoms with E-state index in [1.54, 1.807) is 6.07 Å². The molecule has 6 nitrogen and oxygen atoms in total. The third kappa shape index (κ3) is 5.05. The number of amides is 1. The van der Waals surface area contributed by atoms with Crippen molar-refractivity contribution < 1.29 is 9.72 Å². The predicted molar refractivity (Wildman–Crippen MR) is 107 cm³/mol. The minimum Gasteiger partial charge on any atom is -0.342 e. The molecule has 1 aliphatic rings. The Morgan fingerprint density at radius 2 is 1.89 bits per heavy atom. The molecule has 144 valence electrons. The van der Waals surface area contributed by atoms with Gasteiger partial charge in [0.15, 0.2) is 0 Å². The number of nitrogens with two attached hydrogens (primary N) is 1. The van der Waals surface area contributed by atoms with E-state index in [4.69, 9.17) is 5.73 Å². The molecular weight excluding hydrogens is 366 g/mol. The Balaban J connectivity index is 0.00000261. The number of carbonyl (C=O) groups excluding carboxylic acids is 1. The number of nitro benzene ring substituents is 1. The number of nitrogens with zero attached hydrogens (tertiary/aromatic N) is 2. The monoisotopic (exact) mass is 389 g/mol. The molecule has 3 rings (SSSR count). The summed E-state index contributed by atoms with van der Waals surface area (Å²) in [5, 5.41) is 10.9. The molecule has 2 atom stereocenters. The number of non-ortho nitro benzene ring substituents is 1. The highest BCUT2D eigenvalue weighted by Crippen LogP contribution is 2.32. The Hall–Kier alpha value is -2.44. The molecule has 0 aliphatic carbocycles. The third-order valence-corrected chi connectivity index (χ3v) is 5.07. The lowest BCUT2D eigenvalue weighted by Gasteiger charge is -2.17. The zero-order valence-corrected chi connectivity index (χ0v) is 15.8. The smallest absolute Gasteiger partial charge is 0.269 e. The topological polar surface area (TPSA) is 89.5 Å². The van der Waals surface area contributed by atoms with E-state index in [0.29, 0.717) is 32.5 Å². The molecule has 27 heavy (non-hydrogen) atoms. The SMILES string of the molecule is Cl.NC[C@@H]1CN(C(=O)CCc2cccc([N+](=O)[O-])c2)C[C@H]1c1ccccc1. The summed E-state index contributed by atoms with van der Waals surface area (Å²) in [7, 11) is 0. The highest BCUT2D eigenvalue weighted by Gasteiger charge is 2.34. The number of hydrogen-bond donors (Lipinski definition) is 1. The van der Waals surface area contributed by atoms with E-state index in [2.05, 4.69) is 12.1 Å². The number of benzene rings is 2. The molecule has 1 amide bonds. The van der Waals surface area contributed by atoms with Crippen molar-refractivity contribution in [1.29, 1.82) is 0 Å². The molecule has 2 aromatic carbocycles. The highest BCUT2D eigenvalue weighted by molar-refractivity contribution is 5.85. The average Bonchev–Trinajstić information content (AvgIpc) is 3.11. The lowest BCUT2D eigenvalue weighted by Crippen LogP contribution is -2.30. The van der Waals surface area contributed by atoms with Gasteiger partial charge in [-0.05, 0) is 30.0 Å². The zero-order valence-electron chi connectivity index (χ0n) is 15.0. The quantitative estimate of drug-likeness (QED) is 0.607. The fourth-order valence-corrected chi connectivity index (χ4v) is 3.63. The number of rotatable bonds is 6. The fraction of sp³-hybridized carbons (Fsp3) is 0.350. The molecule has 1 aliphatic heterocycles. The molecule has 1 fully saturated rings. The summed E-state index contributed by atoms with van der Waals surface area (Å²) in [6, 6.07) is 16.6. The van der Waals surface area contributed by atoms with Crippen LogP contribution in [0, 0.1) is 16.0 Å². The van der Waals surface area contributed by atoms with Crippen LogP contribution in [0.4, 0.5) is 5.69 Å². The van der Waals surface area contributed by atoms with E-state index in [1.165, 1.54) is 17.7 Å². The van der Waals surface area contributed by atoms with Crippen molar-refractivity contribution in [3.8, 4) is 0 Å². The van der Waals surface area contributed by atoms with Gasteiger partial charge in [-0.25, -0.2) is 0 Å². The predicted octanol–water partition coefficient (Wildman–Crippen LogP) is 3.15. The number of aryl methyl sites for hydroxylation is 1. The first kappa shape index (κ1) is 20.9. The van der Waals surface area contributed by atoms with Gasteiger partial charge in [0.25, 0.3) is 5.69 Å². The van der Waals surface area contributed by atoms with Gasteiger partial charge >= 0.3 is 0 Å². The zero-order chi connectivity index (χ0) is 18.5. The number of nitro groups is 1. The molecule has 0 radical (unpaired) electrons. The minimum atomic E-state index is -0.415. The van der Waals surface area contributed by atoms with E-state index in [9.17, 15) is 14.9 Å².